The SMILES string of the molecule is CCNC(=NCc1ccc(S(=O)(=O)N(C)C(C)C)cc1)N(C)CCC1CCOCC1.I. The molecular formula is C22H39IN4O3S. The van der Waals surface area contributed by atoms with E-state index in [9.17, 15) is 8.42 Å². The lowest BCUT2D eigenvalue weighted by atomic mass is 9.96. The monoisotopic (exact) mass is 566 g/mol. The summed E-state index contributed by atoms with van der Waals surface area (Å²) in [6.45, 7) is 9.80. The molecule has 1 fully saturated rings. The van der Waals surface area contributed by atoms with Gasteiger partial charge in [-0.15, -0.1) is 24.0 Å². The van der Waals surface area contributed by atoms with Gasteiger partial charge in [0.15, 0.2) is 5.96 Å². The molecule has 1 aromatic rings. The van der Waals surface area contributed by atoms with Crippen LogP contribution >= 0.6 is 24.0 Å². The molecule has 0 aromatic heterocycles. The lowest BCUT2D eigenvalue weighted by Gasteiger charge is -2.26. The fourth-order valence-corrected chi connectivity index (χ4v) is 4.73. The van der Waals surface area contributed by atoms with Crippen LogP contribution in [0.15, 0.2) is 34.2 Å². The van der Waals surface area contributed by atoms with Crippen molar-refractivity contribution in [3.05, 3.63) is 29.8 Å². The fraction of sp³-hybridized carbons (Fsp3) is 0.682. The molecule has 1 aliphatic heterocycles. The van der Waals surface area contributed by atoms with Crippen molar-refractivity contribution in [2.45, 2.75) is 57.5 Å². The highest BCUT2D eigenvalue weighted by Crippen LogP contribution is 2.19. The van der Waals surface area contributed by atoms with E-state index < -0.39 is 10.0 Å². The van der Waals surface area contributed by atoms with Crippen LogP contribution in [0.4, 0.5) is 0 Å². The van der Waals surface area contributed by atoms with E-state index in [2.05, 4.69) is 24.2 Å². The molecule has 0 amide bonds. The van der Waals surface area contributed by atoms with Crippen LogP contribution in [0, 0.1) is 5.92 Å². The maximum absolute atomic E-state index is 12.6. The second-order valence-electron chi connectivity index (χ2n) is 8.20. The second-order valence-corrected chi connectivity index (χ2v) is 10.2. The molecule has 0 saturated carbocycles. The highest BCUT2D eigenvalue weighted by atomic mass is 127. The average molecular weight is 567 g/mol. The van der Waals surface area contributed by atoms with Gasteiger partial charge in [-0.1, -0.05) is 12.1 Å². The number of ether oxygens (including phenoxy) is 1. The van der Waals surface area contributed by atoms with E-state index in [4.69, 9.17) is 9.73 Å². The number of halogens is 1. The molecule has 1 heterocycles. The fourth-order valence-electron chi connectivity index (χ4n) is 3.36. The standard InChI is InChI=1S/C22H38N4O3S.HI/c1-6-23-22(25(4)14-11-19-12-15-29-16-13-19)24-17-20-7-9-21(10-8-20)30(27,28)26(5)18(2)3;/h7-10,18-19H,6,11-17H2,1-5H3,(H,23,24);1H. The normalized spacial score (nSPS) is 15.8. The van der Waals surface area contributed by atoms with Crippen molar-refractivity contribution in [1.82, 2.24) is 14.5 Å². The van der Waals surface area contributed by atoms with Gasteiger partial charge in [0.25, 0.3) is 0 Å². The summed E-state index contributed by atoms with van der Waals surface area (Å²) in [4.78, 5) is 7.24. The summed E-state index contributed by atoms with van der Waals surface area (Å²) in [5, 5.41) is 3.35. The average Bonchev–Trinajstić information content (AvgIpc) is 2.75. The Morgan fingerprint density at radius 1 is 1.19 bits per heavy atom. The third kappa shape index (κ3) is 8.51. The topological polar surface area (TPSA) is 74.2 Å². The van der Waals surface area contributed by atoms with Crippen LogP contribution in [-0.2, 0) is 21.3 Å². The number of guanidine groups is 1. The van der Waals surface area contributed by atoms with Crippen LogP contribution in [0.5, 0.6) is 0 Å². The molecular weight excluding hydrogens is 527 g/mol. The molecule has 1 aromatic carbocycles. The third-order valence-corrected chi connectivity index (χ3v) is 7.70. The summed E-state index contributed by atoms with van der Waals surface area (Å²) in [5.41, 5.74) is 0.981. The molecule has 0 radical (unpaired) electrons. The van der Waals surface area contributed by atoms with Gasteiger partial charge < -0.3 is 15.0 Å². The number of benzene rings is 1. The molecule has 0 unspecified atom stereocenters. The first-order valence-corrected chi connectivity index (χ1v) is 12.3. The number of nitrogens with zero attached hydrogens (tertiary/aromatic N) is 3. The summed E-state index contributed by atoms with van der Waals surface area (Å²) in [6.07, 6.45) is 3.42. The molecule has 7 nitrogen and oxygen atoms in total. The number of nitrogens with one attached hydrogen (secondary N) is 1. The van der Waals surface area contributed by atoms with Gasteiger partial charge in [-0.25, -0.2) is 13.4 Å². The zero-order valence-electron chi connectivity index (χ0n) is 19.5. The van der Waals surface area contributed by atoms with Gasteiger partial charge in [0, 0.05) is 46.4 Å². The minimum absolute atomic E-state index is 0. The van der Waals surface area contributed by atoms with Crippen molar-refractivity contribution in [3.63, 3.8) is 0 Å². The molecule has 31 heavy (non-hydrogen) atoms. The molecule has 2 rings (SSSR count). The number of hydrogen-bond donors (Lipinski definition) is 1. The van der Waals surface area contributed by atoms with Crippen LogP contribution in [0.3, 0.4) is 0 Å². The van der Waals surface area contributed by atoms with Crippen molar-refractivity contribution in [2.75, 3.05) is 40.4 Å². The number of sulfonamides is 1. The number of aliphatic imine (C=N–C) groups is 1. The first kappa shape index (κ1) is 28.1. The zero-order valence-corrected chi connectivity index (χ0v) is 22.7. The first-order valence-electron chi connectivity index (χ1n) is 10.9. The number of rotatable bonds is 9. The van der Waals surface area contributed by atoms with E-state index in [1.54, 1.807) is 19.2 Å². The highest BCUT2D eigenvalue weighted by Gasteiger charge is 2.22. The smallest absolute Gasteiger partial charge is 0.243 e. The molecule has 0 atom stereocenters. The largest absolute Gasteiger partial charge is 0.381 e. The summed E-state index contributed by atoms with van der Waals surface area (Å²) < 4.78 is 32.0. The van der Waals surface area contributed by atoms with Crippen molar-refractivity contribution in [3.8, 4) is 0 Å². The Kier molecular flexibility index (Phi) is 12.3. The number of hydrogen-bond acceptors (Lipinski definition) is 4. The summed E-state index contributed by atoms with van der Waals surface area (Å²) in [5.74, 6) is 1.60. The molecule has 178 valence electrons. The van der Waals surface area contributed by atoms with Gasteiger partial charge in [-0.2, -0.15) is 4.31 Å². The predicted molar refractivity (Wildman–Crippen MR) is 138 cm³/mol. The van der Waals surface area contributed by atoms with Gasteiger partial charge in [-0.3, -0.25) is 0 Å². The van der Waals surface area contributed by atoms with E-state index >= 15 is 0 Å². The van der Waals surface area contributed by atoms with Crippen LogP contribution in [0.2, 0.25) is 0 Å². The van der Waals surface area contributed by atoms with Gasteiger partial charge in [0.2, 0.25) is 10.0 Å². The van der Waals surface area contributed by atoms with Gasteiger partial charge in [0.1, 0.15) is 0 Å². The van der Waals surface area contributed by atoms with Crippen molar-refractivity contribution < 1.29 is 13.2 Å². The van der Waals surface area contributed by atoms with Crippen molar-refractivity contribution in [2.24, 2.45) is 10.9 Å². The molecule has 9 heteroatoms. The molecule has 0 spiro atoms. The summed E-state index contributed by atoms with van der Waals surface area (Å²) in [6, 6.07) is 6.94. The van der Waals surface area contributed by atoms with Crippen molar-refractivity contribution in [1.29, 1.82) is 0 Å². The van der Waals surface area contributed by atoms with Crippen LogP contribution in [0.25, 0.3) is 0 Å². The van der Waals surface area contributed by atoms with Gasteiger partial charge in [0.05, 0.1) is 11.4 Å². The minimum atomic E-state index is -3.46. The quantitative estimate of drug-likeness (QED) is 0.281. The second kappa shape index (κ2) is 13.6. The Hall–Kier alpha value is -0.910. The molecule has 1 saturated heterocycles. The Morgan fingerprint density at radius 3 is 2.35 bits per heavy atom. The third-order valence-electron chi connectivity index (χ3n) is 5.65. The maximum atomic E-state index is 12.6. The Bertz CT molecular complexity index is 778. The molecule has 1 aliphatic rings. The van der Waals surface area contributed by atoms with E-state index in [-0.39, 0.29) is 30.0 Å². The lowest BCUT2D eigenvalue weighted by molar-refractivity contribution is 0.0625. The predicted octanol–water partition coefficient (Wildman–Crippen LogP) is 3.55. The van der Waals surface area contributed by atoms with Crippen LogP contribution in [-0.4, -0.2) is 70.0 Å². The molecule has 0 bridgehead atoms. The van der Waals surface area contributed by atoms with E-state index in [1.165, 1.54) is 4.31 Å². The first-order chi connectivity index (χ1) is 14.3. The zero-order chi connectivity index (χ0) is 22.1. The Balaban J connectivity index is 0.00000480. The van der Waals surface area contributed by atoms with E-state index in [1.807, 2.05) is 26.0 Å². The van der Waals surface area contributed by atoms with Gasteiger partial charge in [-0.05, 0) is 63.6 Å². The van der Waals surface area contributed by atoms with E-state index in [0.29, 0.717) is 11.4 Å². The molecule has 1 N–H and O–H groups in total. The minimum Gasteiger partial charge on any atom is -0.381 e. The Morgan fingerprint density at radius 2 is 1.81 bits per heavy atom. The van der Waals surface area contributed by atoms with Crippen LogP contribution in [0.1, 0.15) is 45.6 Å². The molecule has 0 aliphatic carbocycles. The van der Waals surface area contributed by atoms with Gasteiger partial charge >= 0.3 is 0 Å². The summed E-state index contributed by atoms with van der Waals surface area (Å²) >= 11 is 0. The van der Waals surface area contributed by atoms with Crippen molar-refractivity contribution >= 4 is 40.0 Å². The van der Waals surface area contributed by atoms with Crippen LogP contribution < -0.4 is 5.32 Å². The Labute approximate surface area is 205 Å². The lowest BCUT2D eigenvalue weighted by Crippen LogP contribution is -2.40. The summed E-state index contributed by atoms with van der Waals surface area (Å²) in [7, 11) is 0.217. The maximum Gasteiger partial charge on any atom is 0.243 e. The highest BCUT2D eigenvalue weighted by molar-refractivity contribution is 14.0. The van der Waals surface area contributed by atoms with E-state index in [0.717, 1.165) is 63.0 Å².